The fourth-order valence-corrected chi connectivity index (χ4v) is 7.93. The number of nitrogen functional groups attached to an aromatic ring is 1. The lowest BCUT2D eigenvalue weighted by Crippen LogP contribution is -2.48. The van der Waals surface area contributed by atoms with Gasteiger partial charge in [-0.3, -0.25) is 28.8 Å². The fourth-order valence-electron chi connectivity index (χ4n) is 7.93. The Hall–Kier alpha value is -6.45. The van der Waals surface area contributed by atoms with Gasteiger partial charge in [0.2, 0.25) is 5.91 Å². The van der Waals surface area contributed by atoms with E-state index in [4.69, 9.17) is 29.7 Å². The van der Waals surface area contributed by atoms with Crippen LogP contribution in [0.4, 0.5) is 26.0 Å². The second-order valence-electron chi connectivity index (χ2n) is 15.6. The fraction of sp³-hybridized carbons (Fsp3) is 0.413. The number of aromatic nitrogens is 4. The molecule has 5 heterocycles. The zero-order chi connectivity index (χ0) is 46.6. The number of pyridine rings is 2. The van der Waals surface area contributed by atoms with Crippen LogP contribution in [0.2, 0.25) is 0 Å². The van der Waals surface area contributed by atoms with Crippen molar-refractivity contribution in [3.8, 4) is 16.9 Å². The number of piperazine rings is 1. The number of anilines is 3. The number of imidazole rings is 1. The van der Waals surface area contributed by atoms with Crippen LogP contribution in [0.5, 0.6) is 0 Å². The standard InChI is InChI=1S/C46H54F2N10O8/c1-30-53-38-7-6-37(31-9-10-52-42(49)26-31)54-43(38)57(30)32-5-8-40(36(48)27-32)56-14-12-55(13-15-56)16-19-64-21-23-66-25-24-65-22-20-63-18-11-51-39-29-34-33(28-35(39)47)45(61)58(46(34)62)41(4-3-17-59)44(60)50-2/h5-10,17,26-29,41,51H,3-4,11-16,18-25H2,1-2H3,(H2,49,52)(H,50,60). The summed E-state index contributed by atoms with van der Waals surface area (Å²) in [7, 11) is 1.36. The number of benzene rings is 2. The highest BCUT2D eigenvalue weighted by Gasteiger charge is 2.43. The Morgan fingerprint density at radius 1 is 0.833 bits per heavy atom. The van der Waals surface area contributed by atoms with Crippen molar-refractivity contribution in [2.75, 3.05) is 115 Å². The van der Waals surface area contributed by atoms with Crippen LogP contribution < -0.4 is 21.3 Å². The highest BCUT2D eigenvalue weighted by atomic mass is 19.1. The number of nitrogens with one attached hydrogen (secondary N) is 2. The molecule has 7 rings (SSSR count). The summed E-state index contributed by atoms with van der Waals surface area (Å²) in [6.07, 6.45) is 2.16. The monoisotopic (exact) mass is 912 g/mol. The van der Waals surface area contributed by atoms with E-state index < -0.39 is 29.6 Å². The molecule has 1 fully saturated rings. The van der Waals surface area contributed by atoms with E-state index in [9.17, 15) is 23.6 Å². The Bertz CT molecular complexity index is 2520. The van der Waals surface area contributed by atoms with Gasteiger partial charge in [-0.1, -0.05) is 0 Å². The molecule has 0 aliphatic carbocycles. The molecule has 1 atom stereocenters. The van der Waals surface area contributed by atoms with Gasteiger partial charge in [-0.2, -0.15) is 0 Å². The summed E-state index contributed by atoms with van der Waals surface area (Å²) < 4.78 is 54.9. The minimum Gasteiger partial charge on any atom is -0.384 e. The molecule has 3 aromatic heterocycles. The van der Waals surface area contributed by atoms with E-state index in [1.165, 1.54) is 19.2 Å². The highest BCUT2D eigenvalue weighted by molar-refractivity contribution is 6.23. The van der Waals surface area contributed by atoms with Crippen LogP contribution in [-0.2, 0) is 28.5 Å². The Morgan fingerprint density at radius 3 is 2.18 bits per heavy atom. The number of hydrogen-bond donors (Lipinski definition) is 3. The van der Waals surface area contributed by atoms with Crippen molar-refractivity contribution in [2.45, 2.75) is 25.8 Å². The molecule has 3 amide bonds. The average Bonchev–Trinajstić information content (AvgIpc) is 3.77. The molecule has 1 saturated heterocycles. The van der Waals surface area contributed by atoms with E-state index in [2.05, 4.69) is 30.4 Å². The van der Waals surface area contributed by atoms with Gasteiger partial charge in [0.25, 0.3) is 11.8 Å². The highest BCUT2D eigenvalue weighted by Crippen LogP contribution is 2.31. The molecule has 0 spiro atoms. The molecule has 5 aromatic rings. The molecule has 20 heteroatoms. The smallest absolute Gasteiger partial charge is 0.262 e. The zero-order valence-electron chi connectivity index (χ0n) is 37.0. The molecule has 66 heavy (non-hydrogen) atoms. The number of amides is 3. The number of hydrogen-bond acceptors (Lipinski definition) is 15. The first-order chi connectivity index (χ1) is 32.1. The lowest BCUT2D eigenvalue weighted by atomic mass is 10.1. The number of rotatable bonds is 24. The molecule has 2 aromatic carbocycles. The van der Waals surface area contributed by atoms with Crippen molar-refractivity contribution in [3.05, 3.63) is 89.4 Å². The molecule has 0 saturated carbocycles. The first kappa shape index (κ1) is 47.5. The summed E-state index contributed by atoms with van der Waals surface area (Å²) in [5, 5.41) is 5.27. The lowest BCUT2D eigenvalue weighted by Gasteiger charge is -2.36. The van der Waals surface area contributed by atoms with Crippen LogP contribution in [0.25, 0.3) is 28.1 Å². The number of ether oxygens (including phenoxy) is 4. The Labute approximate surface area is 380 Å². The van der Waals surface area contributed by atoms with Crippen molar-refractivity contribution in [3.63, 3.8) is 0 Å². The number of aldehydes is 1. The lowest BCUT2D eigenvalue weighted by molar-refractivity contribution is -0.124. The molecular weight excluding hydrogens is 859 g/mol. The number of imide groups is 1. The van der Waals surface area contributed by atoms with Crippen molar-refractivity contribution in [1.29, 1.82) is 0 Å². The van der Waals surface area contributed by atoms with E-state index in [1.807, 2.05) is 41.8 Å². The number of carbonyl (C=O) groups is 4. The molecule has 2 aliphatic rings. The molecule has 350 valence electrons. The quantitative estimate of drug-likeness (QED) is 0.0459. The predicted molar refractivity (Wildman–Crippen MR) is 242 cm³/mol. The second-order valence-corrected chi connectivity index (χ2v) is 15.6. The molecule has 0 radical (unpaired) electrons. The van der Waals surface area contributed by atoms with Gasteiger partial charge < -0.3 is 45.0 Å². The van der Waals surface area contributed by atoms with Gasteiger partial charge in [-0.25, -0.2) is 23.7 Å². The van der Waals surface area contributed by atoms with Crippen molar-refractivity contribution < 1.29 is 46.9 Å². The number of nitrogens with two attached hydrogens (primary N) is 1. The normalized spacial score (nSPS) is 14.5. The van der Waals surface area contributed by atoms with Gasteiger partial charge in [-0.05, 0) is 61.9 Å². The van der Waals surface area contributed by atoms with E-state index in [0.717, 1.165) is 41.9 Å². The number of likely N-dealkylation sites (N-methyl/N-ethyl adjacent to an activating group) is 1. The maximum Gasteiger partial charge on any atom is 0.262 e. The average molecular weight is 913 g/mol. The summed E-state index contributed by atoms with van der Waals surface area (Å²) in [5.74, 6) is -2.06. The summed E-state index contributed by atoms with van der Waals surface area (Å²) in [5.41, 5.74) is 9.82. The van der Waals surface area contributed by atoms with Gasteiger partial charge >= 0.3 is 0 Å². The van der Waals surface area contributed by atoms with E-state index in [-0.39, 0.29) is 48.6 Å². The molecule has 0 bridgehead atoms. The maximum atomic E-state index is 15.7. The maximum absolute atomic E-state index is 15.7. The van der Waals surface area contributed by atoms with Gasteiger partial charge in [0, 0.05) is 70.6 Å². The number of nitrogens with zero attached hydrogens (tertiary/aromatic N) is 7. The third kappa shape index (κ3) is 11.3. The zero-order valence-corrected chi connectivity index (χ0v) is 37.0. The van der Waals surface area contributed by atoms with Crippen LogP contribution in [0.1, 0.15) is 39.4 Å². The molecule has 1 unspecified atom stereocenters. The SMILES string of the molecule is CNC(=O)C(CCC=O)N1C(=O)c2cc(F)c(NCCOCCOCCOCCOCCN3CCN(c4ccc(-n5c(C)nc6ccc(-c7ccnc(N)c7)nc65)cc4F)CC3)cc2C1=O. The Kier molecular flexibility index (Phi) is 16.3. The van der Waals surface area contributed by atoms with Crippen LogP contribution in [0.3, 0.4) is 0 Å². The van der Waals surface area contributed by atoms with Gasteiger partial charge in [0.1, 0.15) is 41.1 Å². The number of carbonyl (C=O) groups excluding carboxylic acids is 4. The van der Waals surface area contributed by atoms with Crippen LogP contribution in [0.15, 0.2) is 60.8 Å². The van der Waals surface area contributed by atoms with E-state index >= 15 is 4.39 Å². The van der Waals surface area contributed by atoms with Gasteiger partial charge in [0.15, 0.2) is 5.65 Å². The largest absolute Gasteiger partial charge is 0.384 e. The van der Waals surface area contributed by atoms with Gasteiger partial charge in [-0.15, -0.1) is 0 Å². The second kappa shape index (κ2) is 22.6. The number of aryl methyl sites for hydroxylation is 1. The Morgan fingerprint density at radius 2 is 1.52 bits per heavy atom. The van der Waals surface area contributed by atoms with Crippen molar-refractivity contribution in [1.82, 2.24) is 34.6 Å². The summed E-state index contributed by atoms with van der Waals surface area (Å²) >= 11 is 0. The number of fused-ring (bicyclic) bond motifs is 2. The van der Waals surface area contributed by atoms with Crippen molar-refractivity contribution in [2.24, 2.45) is 0 Å². The summed E-state index contributed by atoms with van der Waals surface area (Å²) in [6.45, 7) is 8.80. The minimum absolute atomic E-state index is 0.0104. The molecular formula is C46H54F2N10O8. The number of halogens is 2. The van der Waals surface area contributed by atoms with Crippen LogP contribution in [-0.4, -0.2) is 159 Å². The summed E-state index contributed by atoms with van der Waals surface area (Å²) in [4.78, 5) is 68.1. The first-order valence-electron chi connectivity index (χ1n) is 21.8. The summed E-state index contributed by atoms with van der Waals surface area (Å²) in [6, 6.07) is 13.7. The van der Waals surface area contributed by atoms with E-state index in [1.54, 1.807) is 12.3 Å². The van der Waals surface area contributed by atoms with E-state index in [0.29, 0.717) is 99.8 Å². The minimum atomic E-state index is -1.19. The predicted octanol–water partition coefficient (Wildman–Crippen LogP) is 3.64. The molecule has 4 N–H and O–H groups in total. The van der Waals surface area contributed by atoms with Crippen molar-refractivity contribution >= 4 is 52.4 Å². The third-order valence-corrected chi connectivity index (χ3v) is 11.3. The van der Waals surface area contributed by atoms with Crippen LogP contribution in [0, 0.1) is 18.6 Å². The van der Waals surface area contributed by atoms with Crippen LogP contribution >= 0.6 is 0 Å². The molecule has 18 nitrogen and oxygen atoms in total. The first-order valence-corrected chi connectivity index (χ1v) is 21.8. The third-order valence-electron chi connectivity index (χ3n) is 11.3. The molecule has 2 aliphatic heterocycles. The topological polar surface area (TPSA) is 209 Å². The Balaban J connectivity index is 0.724. The van der Waals surface area contributed by atoms with Gasteiger partial charge in [0.05, 0.1) is 86.7 Å².